The van der Waals surface area contributed by atoms with Crippen LogP contribution in [0.2, 0.25) is 0 Å². The molecule has 200 valence electrons. The summed E-state index contributed by atoms with van der Waals surface area (Å²) in [5, 5.41) is 9.58. The first-order valence-corrected chi connectivity index (χ1v) is 16.3. The van der Waals surface area contributed by atoms with Crippen LogP contribution in [0.3, 0.4) is 0 Å². The summed E-state index contributed by atoms with van der Waals surface area (Å²) in [6.07, 6.45) is 28.4. The summed E-state index contributed by atoms with van der Waals surface area (Å²) in [7, 11) is -3.27. The van der Waals surface area contributed by atoms with E-state index in [4.69, 9.17) is 0 Å². The Morgan fingerprint density at radius 1 is 0.545 bits per heavy atom. The molecule has 1 unspecified atom stereocenters. The zero-order valence-electron chi connectivity index (χ0n) is 22.4. The molecule has 0 saturated carbocycles. The standard InChI is InChI=1S/C28H59NO3S/c1-3-5-7-9-11-13-14-15-16-17-18-19-21-23-25-28(27-30)29-33(31,32)26-24-22-20-12-10-8-6-4-2/h28-30H,3-27H2,1-2H3. The summed E-state index contributed by atoms with van der Waals surface area (Å²) in [4.78, 5) is 0. The molecule has 1 atom stereocenters. The third kappa shape index (κ3) is 24.8. The molecule has 0 aliphatic rings. The SMILES string of the molecule is CCCCCCCCCCCCCCCCC(CO)NS(=O)(=O)CCCCCCCCCC. The number of aliphatic hydroxyl groups excluding tert-OH is 1. The Balaban J connectivity index is 3.58. The van der Waals surface area contributed by atoms with E-state index in [1.165, 1.54) is 109 Å². The van der Waals surface area contributed by atoms with Crippen molar-refractivity contribution in [3.05, 3.63) is 0 Å². The Labute approximate surface area is 208 Å². The van der Waals surface area contributed by atoms with Crippen LogP contribution in [0.25, 0.3) is 0 Å². The highest BCUT2D eigenvalue weighted by Gasteiger charge is 2.16. The monoisotopic (exact) mass is 489 g/mol. The summed E-state index contributed by atoms with van der Waals surface area (Å²) in [5.41, 5.74) is 0. The van der Waals surface area contributed by atoms with Crippen molar-refractivity contribution in [1.82, 2.24) is 4.72 Å². The van der Waals surface area contributed by atoms with Gasteiger partial charge in [0.1, 0.15) is 0 Å². The number of unbranched alkanes of at least 4 members (excludes halogenated alkanes) is 20. The van der Waals surface area contributed by atoms with Crippen LogP contribution in [0.1, 0.15) is 162 Å². The summed E-state index contributed by atoms with van der Waals surface area (Å²) in [6, 6.07) is -0.318. The van der Waals surface area contributed by atoms with Gasteiger partial charge in [0.25, 0.3) is 0 Å². The van der Waals surface area contributed by atoms with Crippen molar-refractivity contribution in [2.75, 3.05) is 12.4 Å². The summed E-state index contributed by atoms with van der Waals surface area (Å²) in [6.45, 7) is 4.39. The van der Waals surface area contributed by atoms with Crippen LogP contribution in [0.5, 0.6) is 0 Å². The third-order valence-electron chi connectivity index (χ3n) is 6.74. The van der Waals surface area contributed by atoms with Gasteiger partial charge in [-0.05, 0) is 12.8 Å². The molecule has 0 aromatic heterocycles. The van der Waals surface area contributed by atoms with Crippen LogP contribution < -0.4 is 4.72 Å². The van der Waals surface area contributed by atoms with E-state index in [0.29, 0.717) is 0 Å². The third-order valence-corrected chi connectivity index (χ3v) is 8.26. The zero-order valence-corrected chi connectivity index (χ0v) is 23.2. The van der Waals surface area contributed by atoms with Crippen LogP contribution in [0.4, 0.5) is 0 Å². The molecule has 0 aliphatic heterocycles. The summed E-state index contributed by atoms with van der Waals surface area (Å²) in [5.74, 6) is 0.192. The molecule has 0 amide bonds. The first-order chi connectivity index (χ1) is 16.1. The lowest BCUT2D eigenvalue weighted by Crippen LogP contribution is -2.38. The smallest absolute Gasteiger partial charge is 0.211 e. The van der Waals surface area contributed by atoms with Crippen molar-refractivity contribution in [3.8, 4) is 0 Å². The largest absolute Gasteiger partial charge is 0.395 e. The molecular weight excluding hydrogens is 430 g/mol. The van der Waals surface area contributed by atoms with Crippen molar-refractivity contribution >= 4 is 10.0 Å². The first-order valence-electron chi connectivity index (χ1n) is 14.7. The van der Waals surface area contributed by atoms with E-state index in [2.05, 4.69) is 18.6 Å². The molecule has 0 heterocycles. The molecule has 0 spiro atoms. The minimum Gasteiger partial charge on any atom is -0.395 e. The van der Waals surface area contributed by atoms with Crippen LogP contribution in [-0.2, 0) is 10.0 Å². The first kappa shape index (κ1) is 32.9. The highest BCUT2D eigenvalue weighted by atomic mass is 32.2. The second kappa shape index (κ2) is 25.0. The predicted octanol–water partition coefficient (Wildman–Crippen LogP) is 8.28. The van der Waals surface area contributed by atoms with Gasteiger partial charge < -0.3 is 5.11 Å². The number of nitrogens with one attached hydrogen (secondary N) is 1. The molecule has 33 heavy (non-hydrogen) atoms. The van der Waals surface area contributed by atoms with E-state index < -0.39 is 10.0 Å². The van der Waals surface area contributed by atoms with Crippen molar-refractivity contribution < 1.29 is 13.5 Å². The Kier molecular flexibility index (Phi) is 24.9. The van der Waals surface area contributed by atoms with Crippen LogP contribution in [0.15, 0.2) is 0 Å². The summed E-state index contributed by atoms with van der Waals surface area (Å²) >= 11 is 0. The lowest BCUT2D eigenvalue weighted by atomic mass is 10.0. The van der Waals surface area contributed by atoms with Gasteiger partial charge in [-0.1, -0.05) is 149 Å². The molecule has 0 bridgehead atoms. The fourth-order valence-electron chi connectivity index (χ4n) is 4.51. The fraction of sp³-hybridized carbons (Fsp3) is 1.00. The molecule has 5 heteroatoms. The number of aliphatic hydroxyl groups is 1. The van der Waals surface area contributed by atoms with Gasteiger partial charge in [0.05, 0.1) is 12.4 Å². The molecule has 0 rings (SSSR count). The van der Waals surface area contributed by atoms with Crippen molar-refractivity contribution in [1.29, 1.82) is 0 Å². The van der Waals surface area contributed by atoms with Gasteiger partial charge in [-0.3, -0.25) is 0 Å². The molecule has 0 aromatic carbocycles. The second-order valence-corrected chi connectivity index (χ2v) is 12.0. The quantitative estimate of drug-likeness (QED) is 0.114. The molecule has 0 fully saturated rings. The average Bonchev–Trinajstić information content (AvgIpc) is 2.80. The summed E-state index contributed by atoms with van der Waals surface area (Å²) < 4.78 is 27.3. The maximum atomic E-state index is 12.3. The molecule has 4 nitrogen and oxygen atoms in total. The highest BCUT2D eigenvalue weighted by molar-refractivity contribution is 7.89. The van der Waals surface area contributed by atoms with E-state index in [0.717, 1.165) is 38.5 Å². The number of hydrogen-bond donors (Lipinski definition) is 2. The lowest BCUT2D eigenvalue weighted by molar-refractivity contribution is 0.247. The van der Waals surface area contributed by atoms with Gasteiger partial charge in [0, 0.05) is 6.04 Å². The van der Waals surface area contributed by atoms with Gasteiger partial charge in [-0.2, -0.15) is 0 Å². The molecule has 0 aromatic rings. The minimum absolute atomic E-state index is 0.102. The van der Waals surface area contributed by atoms with Gasteiger partial charge in [-0.25, -0.2) is 13.1 Å². The van der Waals surface area contributed by atoms with Gasteiger partial charge in [0.15, 0.2) is 0 Å². The van der Waals surface area contributed by atoms with Gasteiger partial charge in [-0.15, -0.1) is 0 Å². The Hall–Kier alpha value is -0.130. The average molecular weight is 490 g/mol. The number of hydrogen-bond acceptors (Lipinski definition) is 3. The number of sulfonamides is 1. The topological polar surface area (TPSA) is 66.4 Å². The molecule has 0 aliphatic carbocycles. The van der Waals surface area contributed by atoms with Gasteiger partial charge in [0.2, 0.25) is 10.0 Å². The van der Waals surface area contributed by atoms with Gasteiger partial charge >= 0.3 is 0 Å². The van der Waals surface area contributed by atoms with Crippen LogP contribution in [0, 0.1) is 0 Å². The van der Waals surface area contributed by atoms with E-state index in [9.17, 15) is 13.5 Å². The van der Waals surface area contributed by atoms with E-state index in [1.54, 1.807) is 0 Å². The Morgan fingerprint density at radius 3 is 1.24 bits per heavy atom. The fourth-order valence-corrected chi connectivity index (χ4v) is 5.91. The zero-order chi connectivity index (χ0) is 24.5. The predicted molar refractivity (Wildman–Crippen MR) is 145 cm³/mol. The van der Waals surface area contributed by atoms with Crippen LogP contribution >= 0.6 is 0 Å². The normalized spacial score (nSPS) is 12.9. The Morgan fingerprint density at radius 2 is 0.879 bits per heavy atom. The maximum absolute atomic E-state index is 12.3. The minimum atomic E-state index is -3.27. The molecule has 0 saturated heterocycles. The van der Waals surface area contributed by atoms with Crippen molar-refractivity contribution in [3.63, 3.8) is 0 Å². The number of rotatable bonds is 27. The van der Waals surface area contributed by atoms with E-state index in [-0.39, 0.29) is 18.4 Å². The Bertz CT molecular complexity index is 482. The maximum Gasteiger partial charge on any atom is 0.211 e. The van der Waals surface area contributed by atoms with Crippen LogP contribution in [-0.4, -0.2) is 31.9 Å². The van der Waals surface area contributed by atoms with E-state index in [1.807, 2.05) is 0 Å². The molecular formula is C28H59NO3S. The molecule has 2 N–H and O–H groups in total. The molecule has 0 radical (unpaired) electrons. The van der Waals surface area contributed by atoms with E-state index >= 15 is 0 Å². The van der Waals surface area contributed by atoms with Crippen molar-refractivity contribution in [2.45, 2.75) is 168 Å². The lowest BCUT2D eigenvalue weighted by Gasteiger charge is -2.16. The second-order valence-electron chi connectivity index (χ2n) is 10.2. The van der Waals surface area contributed by atoms with Crippen molar-refractivity contribution in [2.24, 2.45) is 0 Å². The highest BCUT2D eigenvalue weighted by Crippen LogP contribution is 2.14.